The maximum absolute atomic E-state index is 4.44. The van der Waals surface area contributed by atoms with Gasteiger partial charge in [0.25, 0.3) is 0 Å². The Hall–Kier alpha value is -1.99. The van der Waals surface area contributed by atoms with Gasteiger partial charge in [-0.15, -0.1) is 10.2 Å². The zero-order chi connectivity index (χ0) is 14.4. The Labute approximate surface area is 126 Å². The van der Waals surface area contributed by atoms with E-state index < -0.39 is 0 Å². The van der Waals surface area contributed by atoms with Gasteiger partial charge >= 0.3 is 0 Å². The van der Waals surface area contributed by atoms with Crippen LogP contribution in [0.25, 0.3) is 11.4 Å². The Morgan fingerprint density at radius 1 is 1.33 bits per heavy atom. The number of hydrogen-bond acceptors (Lipinski definition) is 5. The molecular formula is C14H16N6S. The predicted molar refractivity (Wildman–Crippen MR) is 81.1 cm³/mol. The lowest BCUT2D eigenvalue weighted by Gasteiger charge is -2.24. The van der Waals surface area contributed by atoms with Crippen molar-refractivity contribution in [3.05, 3.63) is 40.1 Å². The fourth-order valence-electron chi connectivity index (χ4n) is 2.81. The Balaban J connectivity index is 1.80. The molecule has 0 radical (unpaired) electrons. The van der Waals surface area contributed by atoms with Crippen LogP contribution in [0.15, 0.2) is 23.2 Å². The molecule has 0 fully saturated rings. The molecule has 0 aliphatic carbocycles. The SMILES string of the molecule is Cc1cscc1-c1nnc2n1CCNC2c1cnn(C)c1. The zero-order valence-corrected chi connectivity index (χ0v) is 12.8. The smallest absolute Gasteiger partial charge is 0.165 e. The highest BCUT2D eigenvalue weighted by atomic mass is 32.1. The van der Waals surface area contributed by atoms with Crippen molar-refractivity contribution in [1.82, 2.24) is 29.9 Å². The van der Waals surface area contributed by atoms with Gasteiger partial charge in [0, 0.05) is 42.8 Å². The summed E-state index contributed by atoms with van der Waals surface area (Å²) in [5, 5.41) is 20.9. The van der Waals surface area contributed by atoms with Gasteiger partial charge < -0.3 is 9.88 Å². The molecule has 1 N–H and O–H groups in total. The first-order valence-electron chi connectivity index (χ1n) is 6.92. The predicted octanol–water partition coefficient (Wildman–Crippen LogP) is 1.74. The molecule has 1 atom stereocenters. The molecule has 108 valence electrons. The summed E-state index contributed by atoms with van der Waals surface area (Å²) in [7, 11) is 1.93. The first kappa shape index (κ1) is 12.7. The van der Waals surface area contributed by atoms with Crippen molar-refractivity contribution < 1.29 is 0 Å². The fourth-order valence-corrected chi connectivity index (χ4v) is 3.63. The highest BCUT2D eigenvalue weighted by molar-refractivity contribution is 7.08. The summed E-state index contributed by atoms with van der Waals surface area (Å²) in [5.74, 6) is 1.94. The van der Waals surface area contributed by atoms with Crippen molar-refractivity contribution in [3.63, 3.8) is 0 Å². The van der Waals surface area contributed by atoms with Gasteiger partial charge in [0.2, 0.25) is 0 Å². The Kier molecular flexibility index (Phi) is 2.90. The first-order valence-corrected chi connectivity index (χ1v) is 7.86. The maximum Gasteiger partial charge on any atom is 0.165 e. The minimum atomic E-state index is 0.0626. The molecule has 1 aliphatic rings. The van der Waals surface area contributed by atoms with E-state index in [-0.39, 0.29) is 6.04 Å². The van der Waals surface area contributed by atoms with Crippen LogP contribution in [0, 0.1) is 6.92 Å². The number of aromatic nitrogens is 5. The van der Waals surface area contributed by atoms with Crippen molar-refractivity contribution >= 4 is 11.3 Å². The van der Waals surface area contributed by atoms with E-state index in [1.54, 1.807) is 11.3 Å². The van der Waals surface area contributed by atoms with E-state index in [0.717, 1.165) is 30.3 Å². The van der Waals surface area contributed by atoms with Gasteiger partial charge in [-0.25, -0.2) is 0 Å². The molecule has 1 unspecified atom stereocenters. The van der Waals surface area contributed by atoms with Gasteiger partial charge in [0.15, 0.2) is 11.6 Å². The molecule has 3 aromatic heterocycles. The number of fused-ring (bicyclic) bond motifs is 1. The molecule has 0 saturated carbocycles. The second-order valence-electron chi connectivity index (χ2n) is 5.34. The lowest BCUT2D eigenvalue weighted by atomic mass is 10.1. The molecule has 0 amide bonds. The van der Waals surface area contributed by atoms with E-state index in [4.69, 9.17) is 0 Å². The van der Waals surface area contributed by atoms with Crippen LogP contribution in [0.4, 0.5) is 0 Å². The largest absolute Gasteiger partial charge is 0.308 e. The third kappa shape index (κ3) is 2.00. The minimum absolute atomic E-state index is 0.0626. The van der Waals surface area contributed by atoms with E-state index in [1.165, 1.54) is 11.1 Å². The molecule has 4 heterocycles. The summed E-state index contributed by atoms with van der Waals surface area (Å²) in [6.45, 7) is 3.91. The normalized spacial score (nSPS) is 17.9. The van der Waals surface area contributed by atoms with E-state index in [2.05, 4.69) is 42.9 Å². The number of rotatable bonds is 2. The minimum Gasteiger partial charge on any atom is -0.308 e. The molecule has 3 aromatic rings. The summed E-state index contributed by atoms with van der Waals surface area (Å²) in [6.07, 6.45) is 3.91. The average Bonchev–Trinajstić information content (AvgIpc) is 3.17. The number of hydrogen-bond donors (Lipinski definition) is 1. The van der Waals surface area contributed by atoms with Crippen molar-refractivity contribution in [3.8, 4) is 11.4 Å². The number of thiophene rings is 1. The molecule has 7 heteroatoms. The van der Waals surface area contributed by atoms with Crippen molar-refractivity contribution in [2.75, 3.05) is 6.54 Å². The molecule has 0 bridgehead atoms. The van der Waals surface area contributed by atoms with Crippen LogP contribution < -0.4 is 5.32 Å². The molecule has 1 aliphatic heterocycles. The summed E-state index contributed by atoms with van der Waals surface area (Å²) in [5.41, 5.74) is 3.57. The average molecular weight is 300 g/mol. The second kappa shape index (κ2) is 4.78. The lowest BCUT2D eigenvalue weighted by Crippen LogP contribution is -2.34. The summed E-state index contributed by atoms with van der Waals surface area (Å²) >= 11 is 1.71. The molecular weight excluding hydrogens is 284 g/mol. The van der Waals surface area contributed by atoms with Gasteiger partial charge in [0.1, 0.15) is 0 Å². The van der Waals surface area contributed by atoms with Crippen LogP contribution in [0.3, 0.4) is 0 Å². The van der Waals surface area contributed by atoms with Gasteiger partial charge in [-0.1, -0.05) is 0 Å². The van der Waals surface area contributed by atoms with E-state index in [9.17, 15) is 0 Å². The highest BCUT2D eigenvalue weighted by Crippen LogP contribution is 2.30. The van der Waals surface area contributed by atoms with Crippen LogP contribution >= 0.6 is 11.3 Å². The zero-order valence-electron chi connectivity index (χ0n) is 11.9. The highest BCUT2D eigenvalue weighted by Gasteiger charge is 2.28. The second-order valence-corrected chi connectivity index (χ2v) is 6.08. The van der Waals surface area contributed by atoms with Crippen LogP contribution in [-0.2, 0) is 13.6 Å². The third-order valence-electron chi connectivity index (χ3n) is 3.88. The number of nitrogens with one attached hydrogen (secondary N) is 1. The number of aryl methyl sites for hydroxylation is 2. The van der Waals surface area contributed by atoms with E-state index in [1.807, 2.05) is 24.1 Å². The molecule has 0 aromatic carbocycles. The van der Waals surface area contributed by atoms with E-state index in [0.29, 0.717) is 0 Å². The van der Waals surface area contributed by atoms with Crippen LogP contribution in [0.5, 0.6) is 0 Å². The summed E-state index contributed by atoms with van der Waals surface area (Å²) in [6, 6.07) is 0.0626. The number of nitrogens with zero attached hydrogens (tertiary/aromatic N) is 5. The lowest BCUT2D eigenvalue weighted by molar-refractivity contribution is 0.458. The van der Waals surface area contributed by atoms with Gasteiger partial charge in [0.05, 0.1) is 12.2 Å². The third-order valence-corrected chi connectivity index (χ3v) is 4.74. The summed E-state index contributed by atoms with van der Waals surface area (Å²) in [4.78, 5) is 0. The van der Waals surface area contributed by atoms with Crippen molar-refractivity contribution in [2.45, 2.75) is 19.5 Å². The molecule has 4 rings (SSSR count). The van der Waals surface area contributed by atoms with Gasteiger partial charge in [-0.05, 0) is 17.9 Å². The van der Waals surface area contributed by atoms with Crippen molar-refractivity contribution in [2.24, 2.45) is 7.05 Å². The summed E-state index contributed by atoms with van der Waals surface area (Å²) < 4.78 is 4.04. The van der Waals surface area contributed by atoms with Gasteiger partial charge in [-0.2, -0.15) is 16.4 Å². The monoisotopic (exact) mass is 300 g/mol. The maximum atomic E-state index is 4.44. The Morgan fingerprint density at radius 3 is 2.95 bits per heavy atom. The van der Waals surface area contributed by atoms with Crippen molar-refractivity contribution in [1.29, 1.82) is 0 Å². The Bertz CT molecular complexity index is 783. The molecule has 0 spiro atoms. The Morgan fingerprint density at radius 2 is 2.24 bits per heavy atom. The quantitative estimate of drug-likeness (QED) is 0.783. The fraction of sp³-hybridized carbons (Fsp3) is 0.357. The molecule has 0 saturated heterocycles. The molecule has 21 heavy (non-hydrogen) atoms. The first-order chi connectivity index (χ1) is 10.2. The standard InChI is InChI=1S/C14H16N6S/c1-9-7-21-8-11(9)13-17-18-14-12(15-3-4-20(13)14)10-5-16-19(2)6-10/h5-8,12,15H,3-4H2,1-2H3. The molecule has 6 nitrogen and oxygen atoms in total. The van der Waals surface area contributed by atoms with Crippen LogP contribution in [0.2, 0.25) is 0 Å². The van der Waals surface area contributed by atoms with Gasteiger partial charge in [-0.3, -0.25) is 4.68 Å². The van der Waals surface area contributed by atoms with Crippen LogP contribution in [-0.4, -0.2) is 31.1 Å². The topological polar surface area (TPSA) is 60.6 Å². The van der Waals surface area contributed by atoms with Crippen LogP contribution in [0.1, 0.15) is 23.0 Å². The van der Waals surface area contributed by atoms with E-state index >= 15 is 0 Å².